The number of aromatic nitrogens is 2. The molecule has 30 heavy (non-hydrogen) atoms. The fourth-order valence-electron chi connectivity index (χ4n) is 4.10. The lowest BCUT2D eigenvalue weighted by Gasteiger charge is -2.30. The second kappa shape index (κ2) is 8.96. The summed E-state index contributed by atoms with van der Waals surface area (Å²) >= 11 is 0. The van der Waals surface area contributed by atoms with Crippen molar-refractivity contribution < 1.29 is 4.39 Å². The van der Waals surface area contributed by atoms with Crippen molar-refractivity contribution in [2.75, 3.05) is 24.3 Å². The van der Waals surface area contributed by atoms with Gasteiger partial charge in [-0.25, -0.2) is 9.37 Å². The highest BCUT2D eigenvalue weighted by atomic mass is 19.1. The Morgan fingerprint density at radius 3 is 2.47 bits per heavy atom. The zero-order valence-electron chi connectivity index (χ0n) is 18.0. The summed E-state index contributed by atoms with van der Waals surface area (Å²) in [7, 11) is 4.02. The molecule has 1 heterocycles. The topological polar surface area (TPSA) is 53.1 Å². The van der Waals surface area contributed by atoms with E-state index in [0.717, 1.165) is 48.0 Å². The summed E-state index contributed by atoms with van der Waals surface area (Å²) in [6.45, 7) is 2.50. The van der Waals surface area contributed by atoms with Crippen molar-refractivity contribution in [3.8, 4) is 0 Å². The molecule has 0 aliphatic heterocycles. The second-order valence-corrected chi connectivity index (χ2v) is 8.44. The van der Waals surface area contributed by atoms with E-state index in [1.54, 1.807) is 13.0 Å². The molecule has 1 fully saturated rings. The molecule has 4 rings (SSSR count). The standard InChI is InChI=1S/C24H30FN5/c1-16-8-9-17(14-21(16)25)15-26-18-10-12-19(13-11-18)27-24-28-22-7-5-4-6-20(22)23(29-24)30(2)3/h4-9,14,18-19,26H,10-13,15H2,1-3H3,(H,27,28,29). The minimum atomic E-state index is -0.130. The van der Waals surface area contributed by atoms with Gasteiger partial charge in [-0.15, -0.1) is 0 Å². The molecule has 1 aliphatic carbocycles. The number of aryl methyl sites for hydroxylation is 1. The van der Waals surface area contributed by atoms with Crippen LogP contribution in [0, 0.1) is 12.7 Å². The average molecular weight is 408 g/mol. The van der Waals surface area contributed by atoms with Crippen LogP contribution in [0.1, 0.15) is 36.8 Å². The lowest BCUT2D eigenvalue weighted by Crippen LogP contribution is -2.37. The maximum Gasteiger partial charge on any atom is 0.225 e. The molecule has 6 heteroatoms. The van der Waals surface area contributed by atoms with E-state index in [0.29, 0.717) is 30.1 Å². The first kappa shape index (κ1) is 20.5. The molecule has 0 unspecified atom stereocenters. The molecule has 0 spiro atoms. The molecule has 158 valence electrons. The predicted molar refractivity (Wildman–Crippen MR) is 122 cm³/mol. The number of hydrogen-bond acceptors (Lipinski definition) is 5. The number of nitrogens with zero attached hydrogens (tertiary/aromatic N) is 3. The fourth-order valence-corrected chi connectivity index (χ4v) is 4.10. The van der Waals surface area contributed by atoms with Crippen LogP contribution in [0.4, 0.5) is 16.2 Å². The summed E-state index contributed by atoms with van der Waals surface area (Å²) in [6.07, 6.45) is 4.29. The van der Waals surface area contributed by atoms with Crippen molar-refractivity contribution in [3.63, 3.8) is 0 Å². The Kier molecular flexibility index (Phi) is 6.13. The quantitative estimate of drug-likeness (QED) is 0.623. The largest absolute Gasteiger partial charge is 0.362 e. The van der Waals surface area contributed by atoms with Gasteiger partial charge in [0.2, 0.25) is 5.95 Å². The normalized spacial score (nSPS) is 19.1. The number of hydrogen-bond donors (Lipinski definition) is 2. The summed E-state index contributed by atoms with van der Waals surface area (Å²) in [5.41, 5.74) is 2.65. The van der Waals surface area contributed by atoms with Gasteiger partial charge in [0.1, 0.15) is 11.6 Å². The van der Waals surface area contributed by atoms with Gasteiger partial charge < -0.3 is 15.5 Å². The Morgan fingerprint density at radius 2 is 1.73 bits per heavy atom. The molecule has 0 amide bonds. The average Bonchev–Trinajstić information content (AvgIpc) is 2.75. The van der Waals surface area contributed by atoms with E-state index in [4.69, 9.17) is 9.97 Å². The minimum Gasteiger partial charge on any atom is -0.362 e. The molecule has 0 radical (unpaired) electrons. The zero-order valence-corrected chi connectivity index (χ0v) is 18.0. The smallest absolute Gasteiger partial charge is 0.225 e. The Balaban J connectivity index is 1.34. The van der Waals surface area contributed by atoms with Crippen molar-refractivity contribution in [2.24, 2.45) is 0 Å². The monoisotopic (exact) mass is 407 g/mol. The molecule has 0 atom stereocenters. The zero-order chi connectivity index (χ0) is 21.1. The first-order valence-corrected chi connectivity index (χ1v) is 10.7. The van der Waals surface area contributed by atoms with Crippen molar-refractivity contribution in [2.45, 2.75) is 51.2 Å². The molecule has 1 aliphatic rings. The molecule has 1 saturated carbocycles. The fraction of sp³-hybridized carbons (Fsp3) is 0.417. The lowest BCUT2D eigenvalue weighted by molar-refractivity contribution is 0.352. The van der Waals surface area contributed by atoms with Crippen molar-refractivity contribution in [1.82, 2.24) is 15.3 Å². The van der Waals surface area contributed by atoms with Gasteiger partial charge in [0.25, 0.3) is 0 Å². The number of benzene rings is 2. The number of para-hydroxylation sites is 1. The van der Waals surface area contributed by atoms with Gasteiger partial charge in [-0.2, -0.15) is 4.98 Å². The van der Waals surface area contributed by atoms with Gasteiger partial charge in [0.15, 0.2) is 0 Å². The van der Waals surface area contributed by atoms with Crippen molar-refractivity contribution >= 4 is 22.7 Å². The molecule has 2 aromatic carbocycles. The van der Waals surface area contributed by atoms with Crippen LogP contribution in [-0.4, -0.2) is 36.1 Å². The third-order valence-corrected chi connectivity index (χ3v) is 5.90. The number of fused-ring (bicyclic) bond motifs is 1. The predicted octanol–water partition coefficient (Wildman–Crippen LogP) is 4.66. The maximum atomic E-state index is 13.7. The van der Waals surface area contributed by atoms with E-state index in [-0.39, 0.29) is 5.82 Å². The van der Waals surface area contributed by atoms with Crippen LogP contribution in [0.2, 0.25) is 0 Å². The van der Waals surface area contributed by atoms with Crippen LogP contribution < -0.4 is 15.5 Å². The Bertz CT molecular complexity index is 1010. The third kappa shape index (κ3) is 4.70. The van der Waals surface area contributed by atoms with Gasteiger partial charge in [-0.1, -0.05) is 24.3 Å². The summed E-state index contributed by atoms with van der Waals surface area (Å²) in [5.74, 6) is 1.50. The summed E-state index contributed by atoms with van der Waals surface area (Å²) < 4.78 is 13.7. The maximum absolute atomic E-state index is 13.7. The number of rotatable bonds is 6. The van der Waals surface area contributed by atoms with E-state index >= 15 is 0 Å². The van der Waals surface area contributed by atoms with Crippen LogP contribution in [0.25, 0.3) is 10.9 Å². The van der Waals surface area contributed by atoms with Crippen LogP contribution in [0.3, 0.4) is 0 Å². The Hall–Kier alpha value is -2.73. The van der Waals surface area contributed by atoms with E-state index in [1.165, 1.54) is 0 Å². The Morgan fingerprint density at radius 1 is 1.00 bits per heavy atom. The second-order valence-electron chi connectivity index (χ2n) is 8.44. The van der Waals surface area contributed by atoms with Crippen molar-refractivity contribution in [3.05, 3.63) is 59.4 Å². The van der Waals surface area contributed by atoms with Gasteiger partial charge in [0, 0.05) is 38.1 Å². The molecule has 2 N–H and O–H groups in total. The van der Waals surface area contributed by atoms with E-state index in [9.17, 15) is 4.39 Å². The summed E-state index contributed by atoms with van der Waals surface area (Å²) in [5, 5.41) is 8.20. The highest BCUT2D eigenvalue weighted by Crippen LogP contribution is 2.26. The van der Waals surface area contributed by atoms with Crippen LogP contribution in [-0.2, 0) is 6.54 Å². The SMILES string of the molecule is Cc1ccc(CNC2CCC(Nc3nc(N(C)C)c4ccccc4n3)CC2)cc1F. The minimum absolute atomic E-state index is 0.130. The number of anilines is 2. The highest BCUT2D eigenvalue weighted by molar-refractivity contribution is 5.90. The summed E-state index contributed by atoms with van der Waals surface area (Å²) in [4.78, 5) is 11.5. The van der Waals surface area contributed by atoms with Crippen LogP contribution >= 0.6 is 0 Å². The van der Waals surface area contributed by atoms with Gasteiger partial charge >= 0.3 is 0 Å². The number of nitrogens with one attached hydrogen (secondary N) is 2. The first-order valence-electron chi connectivity index (χ1n) is 10.7. The molecular formula is C24H30FN5. The van der Waals surface area contributed by atoms with E-state index in [2.05, 4.69) is 16.7 Å². The van der Waals surface area contributed by atoms with Gasteiger partial charge in [-0.05, 0) is 61.9 Å². The highest BCUT2D eigenvalue weighted by Gasteiger charge is 2.22. The third-order valence-electron chi connectivity index (χ3n) is 5.90. The van der Waals surface area contributed by atoms with Gasteiger partial charge in [0.05, 0.1) is 5.52 Å². The Labute approximate surface area is 177 Å². The van der Waals surface area contributed by atoms with Crippen LogP contribution in [0.5, 0.6) is 0 Å². The molecular weight excluding hydrogens is 377 g/mol. The first-order chi connectivity index (χ1) is 14.5. The molecule has 5 nitrogen and oxygen atoms in total. The van der Waals surface area contributed by atoms with Crippen LogP contribution in [0.15, 0.2) is 42.5 Å². The molecule has 1 aromatic heterocycles. The van der Waals surface area contributed by atoms with Gasteiger partial charge in [-0.3, -0.25) is 0 Å². The molecule has 0 saturated heterocycles. The molecule has 3 aromatic rings. The van der Waals surface area contributed by atoms with E-state index in [1.807, 2.05) is 49.3 Å². The lowest BCUT2D eigenvalue weighted by atomic mass is 9.91. The van der Waals surface area contributed by atoms with E-state index < -0.39 is 0 Å². The summed E-state index contributed by atoms with van der Waals surface area (Å²) in [6, 6.07) is 14.4. The number of halogens is 1. The van der Waals surface area contributed by atoms with Crippen molar-refractivity contribution in [1.29, 1.82) is 0 Å². The molecule has 0 bridgehead atoms.